The Labute approximate surface area is 128 Å². The molecule has 2 rings (SSSR count). The Bertz CT molecular complexity index is 461. The topological polar surface area (TPSA) is 50.4 Å². The molecule has 1 fully saturated rings. The summed E-state index contributed by atoms with van der Waals surface area (Å²) in [5.74, 6) is 0.688. The normalized spacial score (nSPS) is 14.1. The molecular formula is C15H21BrN2O2. The van der Waals surface area contributed by atoms with E-state index in [1.165, 1.54) is 0 Å². The molecule has 1 aliphatic rings. The Morgan fingerprint density at radius 2 is 2.25 bits per heavy atom. The van der Waals surface area contributed by atoms with Gasteiger partial charge in [-0.3, -0.25) is 4.79 Å². The van der Waals surface area contributed by atoms with E-state index in [0.717, 1.165) is 48.1 Å². The second-order valence-corrected chi connectivity index (χ2v) is 5.91. The van der Waals surface area contributed by atoms with Gasteiger partial charge < -0.3 is 15.4 Å². The molecule has 1 saturated carbocycles. The van der Waals surface area contributed by atoms with E-state index in [2.05, 4.69) is 33.5 Å². The highest BCUT2D eigenvalue weighted by Gasteiger charge is 2.23. The molecule has 0 spiro atoms. The molecule has 20 heavy (non-hydrogen) atoms. The van der Waals surface area contributed by atoms with E-state index in [-0.39, 0.29) is 12.5 Å². The molecule has 2 N–H and O–H groups in total. The van der Waals surface area contributed by atoms with E-state index in [4.69, 9.17) is 4.74 Å². The van der Waals surface area contributed by atoms with Crippen LogP contribution in [-0.4, -0.2) is 25.1 Å². The molecule has 0 aromatic heterocycles. The summed E-state index contributed by atoms with van der Waals surface area (Å²) in [5.41, 5.74) is 1.14. The molecule has 0 radical (unpaired) electrons. The van der Waals surface area contributed by atoms with Crippen LogP contribution in [0.4, 0.5) is 0 Å². The number of amides is 1. The number of ether oxygens (including phenoxy) is 1. The third kappa shape index (κ3) is 5.13. The van der Waals surface area contributed by atoms with Crippen LogP contribution in [-0.2, 0) is 11.3 Å². The first-order valence-electron chi connectivity index (χ1n) is 7.10. The van der Waals surface area contributed by atoms with E-state index in [1.807, 2.05) is 18.2 Å². The summed E-state index contributed by atoms with van der Waals surface area (Å²) >= 11 is 3.53. The molecule has 4 nitrogen and oxygen atoms in total. The first-order valence-corrected chi connectivity index (χ1v) is 7.89. The Morgan fingerprint density at radius 3 is 2.95 bits per heavy atom. The van der Waals surface area contributed by atoms with Crippen LogP contribution in [0.15, 0.2) is 22.7 Å². The number of benzene rings is 1. The van der Waals surface area contributed by atoms with E-state index >= 15 is 0 Å². The SMILES string of the molecule is CCCNCc1cc(OCC(=O)NC2CC2)ccc1Br. The van der Waals surface area contributed by atoms with Crippen molar-refractivity contribution in [3.8, 4) is 5.75 Å². The summed E-state index contributed by atoms with van der Waals surface area (Å²) in [4.78, 5) is 11.6. The fourth-order valence-electron chi connectivity index (χ4n) is 1.82. The number of hydrogen-bond acceptors (Lipinski definition) is 3. The van der Waals surface area contributed by atoms with Gasteiger partial charge in [-0.15, -0.1) is 0 Å². The lowest BCUT2D eigenvalue weighted by Crippen LogP contribution is -2.30. The molecule has 0 unspecified atom stereocenters. The highest BCUT2D eigenvalue weighted by molar-refractivity contribution is 9.10. The molecule has 0 bridgehead atoms. The second-order valence-electron chi connectivity index (χ2n) is 5.06. The fourth-order valence-corrected chi connectivity index (χ4v) is 2.21. The summed E-state index contributed by atoms with van der Waals surface area (Å²) < 4.78 is 6.59. The summed E-state index contributed by atoms with van der Waals surface area (Å²) in [5, 5.41) is 6.26. The lowest BCUT2D eigenvalue weighted by atomic mass is 10.2. The van der Waals surface area contributed by atoms with Crippen LogP contribution < -0.4 is 15.4 Å². The molecule has 0 aliphatic heterocycles. The van der Waals surface area contributed by atoms with Crippen LogP contribution in [0.5, 0.6) is 5.75 Å². The third-order valence-electron chi connectivity index (χ3n) is 3.07. The van der Waals surface area contributed by atoms with Gasteiger partial charge in [0, 0.05) is 17.1 Å². The van der Waals surface area contributed by atoms with Crippen molar-refractivity contribution in [1.29, 1.82) is 0 Å². The molecule has 1 amide bonds. The van der Waals surface area contributed by atoms with E-state index in [1.54, 1.807) is 0 Å². The van der Waals surface area contributed by atoms with Gasteiger partial charge in [0.1, 0.15) is 5.75 Å². The average Bonchev–Trinajstić information content (AvgIpc) is 3.23. The van der Waals surface area contributed by atoms with Gasteiger partial charge in [0.15, 0.2) is 6.61 Å². The molecule has 1 aliphatic carbocycles. The minimum absolute atomic E-state index is 0.0407. The highest BCUT2D eigenvalue weighted by atomic mass is 79.9. The minimum Gasteiger partial charge on any atom is -0.484 e. The summed E-state index contributed by atoms with van der Waals surface area (Å²) in [7, 11) is 0. The van der Waals surface area contributed by atoms with Crippen molar-refractivity contribution in [1.82, 2.24) is 10.6 Å². The Kier molecular flexibility index (Phi) is 5.86. The van der Waals surface area contributed by atoms with Crippen molar-refractivity contribution < 1.29 is 9.53 Å². The van der Waals surface area contributed by atoms with Gasteiger partial charge in [0.25, 0.3) is 5.91 Å². The van der Waals surface area contributed by atoms with Crippen molar-refractivity contribution in [2.45, 2.75) is 38.8 Å². The maximum Gasteiger partial charge on any atom is 0.258 e. The lowest BCUT2D eigenvalue weighted by Gasteiger charge is -2.10. The zero-order valence-electron chi connectivity index (χ0n) is 11.7. The Balaban J connectivity index is 1.83. The summed E-state index contributed by atoms with van der Waals surface area (Å²) in [6.07, 6.45) is 3.30. The van der Waals surface area contributed by atoms with Crippen LogP contribution >= 0.6 is 15.9 Å². The number of rotatable bonds is 8. The largest absolute Gasteiger partial charge is 0.484 e. The van der Waals surface area contributed by atoms with E-state index in [0.29, 0.717) is 6.04 Å². The molecule has 1 aromatic rings. The van der Waals surface area contributed by atoms with Gasteiger partial charge in [-0.25, -0.2) is 0 Å². The standard InChI is InChI=1S/C15H21BrN2O2/c1-2-7-17-9-11-8-13(5-6-14(11)16)20-10-15(19)18-12-3-4-12/h5-6,8,12,17H,2-4,7,9-10H2,1H3,(H,18,19). The predicted molar refractivity (Wildman–Crippen MR) is 82.8 cm³/mol. The van der Waals surface area contributed by atoms with Crippen molar-refractivity contribution >= 4 is 21.8 Å². The Morgan fingerprint density at radius 1 is 1.45 bits per heavy atom. The minimum atomic E-state index is -0.0407. The second kappa shape index (κ2) is 7.64. The van der Waals surface area contributed by atoms with Crippen molar-refractivity contribution in [3.05, 3.63) is 28.2 Å². The monoisotopic (exact) mass is 340 g/mol. The maximum absolute atomic E-state index is 11.6. The van der Waals surface area contributed by atoms with Crippen molar-refractivity contribution in [2.24, 2.45) is 0 Å². The highest BCUT2D eigenvalue weighted by Crippen LogP contribution is 2.23. The van der Waals surface area contributed by atoms with Crippen LogP contribution in [0.1, 0.15) is 31.7 Å². The Hall–Kier alpha value is -1.07. The fraction of sp³-hybridized carbons (Fsp3) is 0.533. The van der Waals surface area contributed by atoms with Crippen LogP contribution in [0.25, 0.3) is 0 Å². The first kappa shape index (κ1) is 15.3. The maximum atomic E-state index is 11.6. The van der Waals surface area contributed by atoms with Crippen LogP contribution in [0.2, 0.25) is 0 Å². The van der Waals surface area contributed by atoms with Gasteiger partial charge in [-0.05, 0) is 49.6 Å². The van der Waals surface area contributed by atoms with E-state index < -0.39 is 0 Å². The molecule has 110 valence electrons. The average molecular weight is 341 g/mol. The van der Waals surface area contributed by atoms with Gasteiger partial charge in [0.05, 0.1) is 0 Å². The molecular weight excluding hydrogens is 320 g/mol. The number of carbonyl (C=O) groups excluding carboxylic acids is 1. The van der Waals surface area contributed by atoms with Crippen molar-refractivity contribution in [2.75, 3.05) is 13.2 Å². The van der Waals surface area contributed by atoms with Crippen molar-refractivity contribution in [3.63, 3.8) is 0 Å². The van der Waals surface area contributed by atoms with Gasteiger partial charge >= 0.3 is 0 Å². The summed E-state index contributed by atoms with van der Waals surface area (Å²) in [6, 6.07) is 6.18. The predicted octanol–water partition coefficient (Wildman–Crippen LogP) is 2.61. The smallest absolute Gasteiger partial charge is 0.258 e. The third-order valence-corrected chi connectivity index (χ3v) is 3.85. The van der Waals surface area contributed by atoms with Crippen LogP contribution in [0, 0.1) is 0 Å². The number of halogens is 1. The first-order chi connectivity index (χ1) is 9.69. The molecule has 0 atom stereocenters. The number of nitrogens with one attached hydrogen (secondary N) is 2. The summed E-state index contributed by atoms with van der Waals surface area (Å²) in [6.45, 7) is 4.00. The van der Waals surface area contributed by atoms with Gasteiger partial charge in [0.2, 0.25) is 0 Å². The molecule has 5 heteroatoms. The number of carbonyl (C=O) groups is 1. The zero-order valence-corrected chi connectivity index (χ0v) is 13.3. The van der Waals surface area contributed by atoms with E-state index in [9.17, 15) is 4.79 Å². The van der Waals surface area contributed by atoms with Gasteiger partial charge in [-0.2, -0.15) is 0 Å². The lowest BCUT2D eigenvalue weighted by molar-refractivity contribution is -0.123. The molecule has 0 saturated heterocycles. The number of hydrogen-bond donors (Lipinski definition) is 2. The zero-order chi connectivity index (χ0) is 14.4. The quantitative estimate of drug-likeness (QED) is 0.715. The van der Waals surface area contributed by atoms with Gasteiger partial charge in [-0.1, -0.05) is 22.9 Å². The molecule has 1 aromatic carbocycles. The molecule has 0 heterocycles. The van der Waals surface area contributed by atoms with Crippen LogP contribution in [0.3, 0.4) is 0 Å².